The number of ether oxygens (including phenoxy) is 1. The number of hydrogen-bond acceptors (Lipinski definition) is 6. The van der Waals surface area contributed by atoms with Crippen molar-refractivity contribution < 1.29 is 9.84 Å². The van der Waals surface area contributed by atoms with E-state index >= 15 is 0 Å². The molecule has 1 aromatic carbocycles. The quantitative estimate of drug-likeness (QED) is 0.788. The summed E-state index contributed by atoms with van der Waals surface area (Å²) < 4.78 is 6.91. The molecule has 1 aliphatic heterocycles. The zero-order valence-corrected chi connectivity index (χ0v) is 13.5. The topological polar surface area (TPSA) is 75.8 Å². The standard InChI is InChI=1S/C17H19N5O2/c1-24-14-6-4-12(5-7-14)15-9-16(17-19-18-11-22(17)20-15)21-8-2-3-13(21)10-23/h4-7,9,11,13,23H,2-3,8,10H2,1H3/t13-/m0/s1. The summed E-state index contributed by atoms with van der Waals surface area (Å²) in [5.41, 5.74) is 3.51. The van der Waals surface area contributed by atoms with Crippen LogP contribution in [0.5, 0.6) is 5.75 Å². The van der Waals surface area contributed by atoms with Gasteiger partial charge in [-0.1, -0.05) is 0 Å². The van der Waals surface area contributed by atoms with E-state index in [0.29, 0.717) is 5.65 Å². The van der Waals surface area contributed by atoms with Crippen molar-refractivity contribution in [3.63, 3.8) is 0 Å². The number of benzene rings is 1. The molecule has 124 valence electrons. The second kappa shape index (κ2) is 6.09. The van der Waals surface area contributed by atoms with Gasteiger partial charge in [-0.15, -0.1) is 10.2 Å². The molecule has 4 rings (SSSR count). The van der Waals surface area contributed by atoms with Crippen LogP contribution in [0, 0.1) is 0 Å². The molecule has 2 aromatic heterocycles. The predicted octanol–water partition coefficient (Wildman–Crippen LogP) is 1.76. The number of hydrogen-bond donors (Lipinski definition) is 1. The first-order valence-electron chi connectivity index (χ1n) is 8.03. The smallest absolute Gasteiger partial charge is 0.200 e. The molecule has 0 aliphatic carbocycles. The van der Waals surface area contributed by atoms with Gasteiger partial charge in [0.05, 0.1) is 31.1 Å². The van der Waals surface area contributed by atoms with Crippen molar-refractivity contribution in [2.24, 2.45) is 0 Å². The van der Waals surface area contributed by atoms with Gasteiger partial charge in [-0.3, -0.25) is 0 Å². The fourth-order valence-corrected chi connectivity index (χ4v) is 3.27. The summed E-state index contributed by atoms with van der Waals surface area (Å²) in [6, 6.07) is 9.94. The van der Waals surface area contributed by atoms with Gasteiger partial charge in [0, 0.05) is 12.1 Å². The van der Waals surface area contributed by atoms with E-state index in [1.54, 1.807) is 18.0 Å². The lowest BCUT2D eigenvalue weighted by Gasteiger charge is -2.25. The van der Waals surface area contributed by atoms with E-state index in [1.807, 2.05) is 30.3 Å². The van der Waals surface area contributed by atoms with Gasteiger partial charge in [0.15, 0.2) is 0 Å². The van der Waals surface area contributed by atoms with Crippen LogP contribution in [0.1, 0.15) is 12.8 Å². The maximum absolute atomic E-state index is 9.65. The molecule has 1 saturated heterocycles. The molecule has 7 nitrogen and oxygen atoms in total. The molecule has 1 N–H and O–H groups in total. The number of nitrogens with zero attached hydrogens (tertiary/aromatic N) is 5. The first-order valence-corrected chi connectivity index (χ1v) is 8.03. The molecule has 24 heavy (non-hydrogen) atoms. The molecule has 0 spiro atoms. The van der Waals surface area contributed by atoms with Crippen LogP contribution in [-0.4, -0.2) is 51.2 Å². The van der Waals surface area contributed by atoms with Crippen LogP contribution in [0.3, 0.4) is 0 Å². The Morgan fingerprint density at radius 3 is 2.88 bits per heavy atom. The molecule has 1 aliphatic rings. The molecule has 1 atom stereocenters. The Morgan fingerprint density at radius 1 is 1.29 bits per heavy atom. The van der Waals surface area contributed by atoms with Crippen LogP contribution in [-0.2, 0) is 0 Å². The van der Waals surface area contributed by atoms with Crippen LogP contribution in [0.25, 0.3) is 16.9 Å². The summed E-state index contributed by atoms with van der Waals surface area (Å²) >= 11 is 0. The largest absolute Gasteiger partial charge is 0.497 e. The summed E-state index contributed by atoms with van der Waals surface area (Å²) in [6.07, 6.45) is 3.65. The first kappa shape index (κ1) is 14.9. The van der Waals surface area contributed by atoms with E-state index < -0.39 is 0 Å². The van der Waals surface area contributed by atoms with Gasteiger partial charge in [-0.05, 0) is 43.2 Å². The zero-order chi connectivity index (χ0) is 16.5. The Labute approximate surface area is 139 Å². The van der Waals surface area contributed by atoms with Crippen molar-refractivity contribution in [3.8, 4) is 17.0 Å². The third-order valence-electron chi connectivity index (χ3n) is 4.53. The zero-order valence-electron chi connectivity index (χ0n) is 13.5. The first-order chi connectivity index (χ1) is 11.8. The van der Waals surface area contributed by atoms with E-state index in [-0.39, 0.29) is 12.6 Å². The van der Waals surface area contributed by atoms with Gasteiger partial charge >= 0.3 is 0 Å². The Hall–Kier alpha value is -2.67. The van der Waals surface area contributed by atoms with Crippen LogP contribution in [0.4, 0.5) is 5.69 Å². The summed E-state index contributed by atoms with van der Waals surface area (Å²) in [6.45, 7) is 1.04. The van der Waals surface area contributed by atoms with E-state index in [2.05, 4.69) is 20.2 Å². The molecule has 0 amide bonds. The maximum Gasteiger partial charge on any atom is 0.200 e. The van der Waals surface area contributed by atoms with Gasteiger partial charge < -0.3 is 14.7 Å². The number of rotatable bonds is 4. The van der Waals surface area contributed by atoms with E-state index in [0.717, 1.165) is 42.1 Å². The van der Waals surface area contributed by atoms with Gasteiger partial charge in [0.2, 0.25) is 5.65 Å². The normalized spacial score (nSPS) is 17.6. The monoisotopic (exact) mass is 325 g/mol. The van der Waals surface area contributed by atoms with Crippen LogP contribution < -0.4 is 9.64 Å². The van der Waals surface area contributed by atoms with Gasteiger partial charge in [0.1, 0.15) is 12.1 Å². The summed E-state index contributed by atoms with van der Waals surface area (Å²) in [7, 11) is 1.65. The Morgan fingerprint density at radius 2 is 2.12 bits per heavy atom. The third kappa shape index (κ3) is 2.46. The van der Waals surface area contributed by atoms with E-state index in [1.165, 1.54) is 0 Å². The van der Waals surface area contributed by atoms with Crippen molar-refractivity contribution in [1.29, 1.82) is 0 Å². The highest BCUT2D eigenvalue weighted by atomic mass is 16.5. The number of aliphatic hydroxyl groups excluding tert-OH is 1. The molecule has 1 fully saturated rings. The molecular formula is C17H19N5O2. The molecular weight excluding hydrogens is 306 g/mol. The average Bonchev–Trinajstić information content (AvgIpc) is 3.29. The predicted molar refractivity (Wildman–Crippen MR) is 90.2 cm³/mol. The Balaban J connectivity index is 1.82. The van der Waals surface area contributed by atoms with E-state index in [4.69, 9.17) is 4.74 Å². The van der Waals surface area contributed by atoms with Gasteiger partial charge in [-0.25, -0.2) is 0 Å². The molecule has 0 bridgehead atoms. The summed E-state index contributed by atoms with van der Waals surface area (Å²) in [5, 5.41) is 22.4. The summed E-state index contributed by atoms with van der Waals surface area (Å²) in [5.74, 6) is 0.809. The molecule has 0 saturated carbocycles. The molecule has 0 radical (unpaired) electrons. The molecule has 3 aromatic rings. The fraction of sp³-hybridized carbons (Fsp3) is 0.353. The lowest BCUT2D eigenvalue weighted by molar-refractivity contribution is 0.266. The minimum atomic E-state index is 0.122. The second-order valence-electron chi connectivity index (χ2n) is 5.91. The molecule has 7 heteroatoms. The molecule has 3 heterocycles. The van der Waals surface area contributed by atoms with Crippen molar-refractivity contribution in [2.45, 2.75) is 18.9 Å². The highest BCUT2D eigenvalue weighted by Gasteiger charge is 2.27. The number of aromatic nitrogens is 4. The van der Waals surface area contributed by atoms with Gasteiger partial charge in [-0.2, -0.15) is 9.61 Å². The van der Waals surface area contributed by atoms with Crippen molar-refractivity contribution in [3.05, 3.63) is 36.7 Å². The SMILES string of the molecule is COc1ccc(-c2cc(N3CCC[C@H]3CO)c3nncn3n2)cc1. The fourth-order valence-electron chi connectivity index (χ4n) is 3.27. The number of aliphatic hydroxyl groups is 1. The van der Waals surface area contributed by atoms with Crippen molar-refractivity contribution in [1.82, 2.24) is 19.8 Å². The Bertz CT molecular complexity index is 846. The summed E-state index contributed by atoms with van der Waals surface area (Å²) in [4.78, 5) is 2.21. The second-order valence-corrected chi connectivity index (χ2v) is 5.91. The maximum atomic E-state index is 9.65. The number of methoxy groups -OCH3 is 1. The minimum Gasteiger partial charge on any atom is -0.497 e. The lowest BCUT2D eigenvalue weighted by atomic mass is 10.1. The van der Waals surface area contributed by atoms with E-state index in [9.17, 15) is 5.11 Å². The molecule has 0 unspecified atom stereocenters. The Kier molecular flexibility index (Phi) is 3.78. The number of anilines is 1. The highest BCUT2D eigenvalue weighted by molar-refractivity contribution is 5.75. The third-order valence-corrected chi connectivity index (χ3v) is 4.53. The number of fused-ring (bicyclic) bond motifs is 1. The van der Waals surface area contributed by atoms with Crippen molar-refractivity contribution in [2.75, 3.05) is 25.2 Å². The van der Waals surface area contributed by atoms with Crippen molar-refractivity contribution >= 4 is 11.3 Å². The lowest BCUT2D eigenvalue weighted by Crippen LogP contribution is -2.32. The van der Waals surface area contributed by atoms with Crippen LogP contribution >= 0.6 is 0 Å². The van der Waals surface area contributed by atoms with Gasteiger partial charge in [0.25, 0.3) is 0 Å². The van der Waals surface area contributed by atoms with Crippen LogP contribution in [0.15, 0.2) is 36.7 Å². The average molecular weight is 325 g/mol. The van der Waals surface area contributed by atoms with Crippen LogP contribution in [0.2, 0.25) is 0 Å². The highest BCUT2D eigenvalue weighted by Crippen LogP contribution is 2.31. The minimum absolute atomic E-state index is 0.122.